The molecule has 0 N–H and O–H groups in total. The normalized spacial score (nSPS) is 27.5. The summed E-state index contributed by atoms with van der Waals surface area (Å²) < 4.78 is 62.1. The van der Waals surface area contributed by atoms with E-state index in [1.165, 1.54) is 24.2 Å². The molecule has 4 saturated carbocycles. The lowest BCUT2D eigenvalue weighted by Gasteiger charge is -2.67. The van der Waals surface area contributed by atoms with Gasteiger partial charge in [-0.3, -0.25) is 0 Å². The van der Waals surface area contributed by atoms with Crippen molar-refractivity contribution in [2.45, 2.75) is 105 Å². The SMILES string of the molecule is CCOC(=O)/C(F)=C/Oc1cc2c(cc1SC)N(C13CC(C1)C3)C[C@@H](C1CCCCC1)N(COCC[Si](C)(C)C)S2(=O)=O. The van der Waals surface area contributed by atoms with E-state index in [1.54, 1.807) is 11.2 Å². The highest BCUT2D eigenvalue weighted by Gasteiger charge is 2.62. The molecule has 0 aromatic heterocycles. The molecule has 240 valence electrons. The average Bonchev–Trinajstić information content (AvgIpc) is 3.00. The summed E-state index contributed by atoms with van der Waals surface area (Å²) in [6.07, 6.45) is 11.2. The van der Waals surface area contributed by atoms with Crippen LogP contribution in [0.2, 0.25) is 25.7 Å². The largest absolute Gasteiger partial charge is 0.461 e. The molecule has 6 rings (SSSR count). The number of hydrogen-bond acceptors (Lipinski definition) is 8. The van der Waals surface area contributed by atoms with Gasteiger partial charge in [0.05, 0.1) is 17.2 Å². The first kappa shape index (κ1) is 32.8. The van der Waals surface area contributed by atoms with Gasteiger partial charge in [-0.05, 0) is 69.2 Å². The lowest BCUT2D eigenvalue weighted by Crippen LogP contribution is -2.70. The smallest absolute Gasteiger partial charge is 0.370 e. The van der Waals surface area contributed by atoms with Crippen molar-refractivity contribution in [3.05, 3.63) is 24.2 Å². The Morgan fingerprint density at radius 2 is 1.86 bits per heavy atom. The minimum absolute atomic E-state index is 0.00867. The van der Waals surface area contributed by atoms with E-state index in [9.17, 15) is 17.6 Å². The number of fused-ring (bicyclic) bond motifs is 1. The Balaban J connectivity index is 1.57. The molecule has 0 spiro atoms. The highest BCUT2D eigenvalue weighted by Crippen LogP contribution is 2.63. The van der Waals surface area contributed by atoms with Gasteiger partial charge in [0.2, 0.25) is 15.9 Å². The second kappa shape index (κ2) is 13.0. The maximum Gasteiger partial charge on any atom is 0.370 e. The van der Waals surface area contributed by atoms with E-state index in [0.29, 0.717) is 30.0 Å². The molecule has 8 nitrogen and oxygen atoms in total. The van der Waals surface area contributed by atoms with Crippen LogP contribution in [-0.4, -0.2) is 71.1 Å². The molecule has 5 aliphatic rings. The zero-order chi connectivity index (χ0) is 31.0. The standard InChI is InChI=1S/C31H47FN2O6S2Si/c1-6-39-30(35)24(32)20-40-27-15-29-25(14-28(27)41-2)33(31-16-22(17-31)18-31)19-26(23-10-8-7-9-11-23)34(42(29,36)37)21-38-12-13-43(3,4)5/h14-15,20,22-23,26H,6-13,16-19,21H2,1-5H3/b24-20-/t22?,26-,31?/m0/s1. The summed E-state index contributed by atoms with van der Waals surface area (Å²) in [5.74, 6) is -1.15. The number of carbonyl (C=O) groups excluding carboxylic acids is 1. The first-order valence-corrected chi connectivity index (χ1v) is 22.0. The summed E-state index contributed by atoms with van der Waals surface area (Å²) in [7, 11) is -5.39. The molecule has 1 atom stereocenters. The van der Waals surface area contributed by atoms with Crippen LogP contribution in [0.25, 0.3) is 0 Å². The fraction of sp³-hybridized carbons (Fsp3) is 0.710. The van der Waals surface area contributed by atoms with E-state index in [1.807, 2.05) is 12.3 Å². The van der Waals surface area contributed by atoms with E-state index in [4.69, 9.17) is 14.2 Å². The monoisotopic (exact) mass is 654 g/mol. The molecule has 0 saturated heterocycles. The second-order valence-electron chi connectivity index (χ2n) is 13.8. The van der Waals surface area contributed by atoms with Crippen LogP contribution in [0, 0.1) is 11.8 Å². The van der Waals surface area contributed by atoms with Crippen molar-refractivity contribution in [2.75, 3.05) is 37.6 Å². The quantitative estimate of drug-likeness (QED) is 0.0609. The molecule has 1 aliphatic heterocycles. The Kier molecular flexibility index (Phi) is 9.93. The summed E-state index contributed by atoms with van der Waals surface area (Å²) >= 11 is 1.40. The molecule has 4 aliphatic carbocycles. The molecule has 43 heavy (non-hydrogen) atoms. The number of thioether (sulfide) groups is 1. The Labute approximate surface area is 261 Å². The van der Waals surface area contributed by atoms with Crippen molar-refractivity contribution in [1.29, 1.82) is 0 Å². The maximum absolute atomic E-state index is 14.7. The Morgan fingerprint density at radius 3 is 2.44 bits per heavy atom. The number of ether oxygens (including phenoxy) is 3. The van der Waals surface area contributed by atoms with Gasteiger partial charge in [-0.2, -0.15) is 8.70 Å². The van der Waals surface area contributed by atoms with Crippen LogP contribution >= 0.6 is 11.8 Å². The number of rotatable bonds is 12. The van der Waals surface area contributed by atoms with Crippen molar-refractivity contribution in [3.8, 4) is 5.75 Å². The van der Waals surface area contributed by atoms with Gasteiger partial charge in [0.15, 0.2) is 0 Å². The molecule has 0 radical (unpaired) electrons. The van der Waals surface area contributed by atoms with Crippen molar-refractivity contribution >= 4 is 41.5 Å². The third-order valence-corrected chi connectivity index (χ3v) is 13.9. The van der Waals surface area contributed by atoms with Crippen LogP contribution in [0.3, 0.4) is 0 Å². The van der Waals surface area contributed by atoms with Crippen molar-refractivity contribution < 1.29 is 31.8 Å². The number of nitrogens with zero attached hydrogens (tertiary/aromatic N) is 2. The van der Waals surface area contributed by atoms with Gasteiger partial charge in [0, 0.05) is 38.9 Å². The summed E-state index contributed by atoms with van der Waals surface area (Å²) in [6.45, 7) is 9.64. The van der Waals surface area contributed by atoms with Gasteiger partial charge in [-0.15, -0.1) is 11.8 Å². The molecule has 2 bridgehead atoms. The Morgan fingerprint density at radius 1 is 1.16 bits per heavy atom. The Hall–Kier alpha value is -1.60. The van der Waals surface area contributed by atoms with Crippen LogP contribution < -0.4 is 9.64 Å². The first-order valence-electron chi connectivity index (χ1n) is 15.7. The van der Waals surface area contributed by atoms with E-state index in [0.717, 1.165) is 56.9 Å². The number of halogens is 1. The summed E-state index contributed by atoms with van der Waals surface area (Å²) in [5.41, 5.74) is 0.667. The van der Waals surface area contributed by atoms with Crippen molar-refractivity contribution in [1.82, 2.24) is 4.31 Å². The van der Waals surface area contributed by atoms with Gasteiger partial charge < -0.3 is 19.1 Å². The fourth-order valence-electron chi connectivity index (χ4n) is 7.06. The van der Waals surface area contributed by atoms with Crippen molar-refractivity contribution in [2.24, 2.45) is 11.8 Å². The third kappa shape index (κ3) is 6.83. The molecular weight excluding hydrogens is 608 g/mol. The number of carbonyl (C=O) groups is 1. The predicted octanol–water partition coefficient (Wildman–Crippen LogP) is 6.79. The zero-order valence-electron chi connectivity index (χ0n) is 26.2. The lowest BCUT2D eigenvalue weighted by molar-refractivity contribution is -0.140. The van der Waals surface area contributed by atoms with Crippen LogP contribution in [0.5, 0.6) is 5.75 Å². The molecule has 1 aromatic carbocycles. The van der Waals surface area contributed by atoms with Crippen molar-refractivity contribution in [3.63, 3.8) is 0 Å². The number of esters is 1. The number of anilines is 1. The molecule has 4 fully saturated rings. The van der Waals surface area contributed by atoms with Crippen LogP contribution in [-0.2, 0) is 24.3 Å². The van der Waals surface area contributed by atoms with Crippen LogP contribution in [0.1, 0.15) is 58.3 Å². The second-order valence-corrected chi connectivity index (χ2v) is 22.1. The molecule has 1 heterocycles. The highest BCUT2D eigenvalue weighted by molar-refractivity contribution is 7.98. The average molecular weight is 655 g/mol. The van der Waals surface area contributed by atoms with Crippen LogP contribution in [0.4, 0.5) is 10.1 Å². The number of benzene rings is 1. The van der Waals surface area contributed by atoms with Gasteiger partial charge in [0.1, 0.15) is 23.6 Å². The number of hydrogen-bond donors (Lipinski definition) is 0. The lowest BCUT2D eigenvalue weighted by atomic mass is 9.49. The van der Waals surface area contributed by atoms with E-state index >= 15 is 0 Å². The topological polar surface area (TPSA) is 85.4 Å². The fourth-order valence-corrected chi connectivity index (χ4v) is 10.1. The first-order chi connectivity index (χ1) is 20.4. The summed E-state index contributed by atoms with van der Waals surface area (Å²) in [5, 5.41) is 0. The zero-order valence-corrected chi connectivity index (χ0v) is 28.8. The molecule has 1 aromatic rings. The minimum Gasteiger partial charge on any atom is -0.461 e. The summed E-state index contributed by atoms with van der Waals surface area (Å²) in [6, 6.07) is 4.15. The van der Waals surface area contributed by atoms with Crippen LogP contribution in [0.15, 0.2) is 34.0 Å². The van der Waals surface area contributed by atoms with Gasteiger partial charge >= 0.3 is 5.97 Å². The molecule has 12 heteroatoms. The summed E-state index contributed by atoms with van der Waals surface area (Å²) in [4.78, 5) is 15.1. The van der Waals surface area contributed by atoms with E-state index in [2.05, 4.69) is 24.5 Å². The third-order valence-electron chi connectivity index (χ3n) is 9.61. The molecule has 0 unspecified atom stereocenters. The number of sulfonamides is 1. The van der Waals surface area contributed by atoms with Gasteiger partial charge in [-0.25, -0.2) is 13.2 Å². The highest BCUT2D eigenvalue weighted by atomic mass is 32.2. The van der Waals surface area contributed by atoms with Gasteiger partial charge in [0.25, 0.3) is 0 Å². The molecule has 0 amide bonds. The predicted molar refractivity (Wildman–Crippen MR) is 170 cm³/mol. The Bertz CT molecular complexity index is 1310. The van der Waals surface area contributed by atoms with Gasteiger partial charge in [-0.1, -0.05) is 38.9 Å². The molecular formula is C31H47FN2O6S2Si. The maximum atomic E-state index is 14.7. The minimum atomic E-state index is -4.02. The van der Waals surface area contributed by atoms with E-state index in [-0.39, 0.29) is 41.5 Å². The van der Waals surface area contributed by atoms with E-state index < -0.39 is 29.9 Å².